The summed E-state index contributed by atoms with van der Waals surface area (Å²) in [6, 6.07) is 1.81. The van der Waals surface area contributed by atoms with E-state index in [1.54, 1.807) is 17.1 Å². The Labute approximate surface area is 95.2 Å². The minimum atomic E-state index is 0.0126. The second-order valence-electron chi connectivity index (χ2n) is 4.57. The molecule has 1 aliphatic heterocycles. The van der Waals surface area contributed by atoms with E-state index in [9.17, 15) is 4.79 Å². The Bertz CT molecular complexity index is 341. The van der Waals surface area contributed by atoms with Crippen molar-refractivity contribution in [1.82, 2.24) is 20.4 Å². The van der Waals surface area contributed by atoms with E-state index in [0.29, 0.717) is 13.1 Å². The Morgan fingerprint density at radius 2 is 2.56 bits per heavy atom. The maximum Gasteiger partial charge on any atom is 0.241 e. The van der Waals surface area contributed by atoms with E-state index in [-0.39, 0.29) is 11.4 Å². The standard InChI is InChI=1S/C11H18N4O/c1-11(4-2-5-13-11)9-12-10(16)8-15-7-3-6-14-15/h3,6-7,13H,2,4-5,8-9H2,1H3,(H,12,16). The van der Waals surface area contributed by atoms with Crippen LogP contribution in [0.4, 0.5) is 0 Å². The number of amides is 1. The number of aromatic nitrogens is 2. The van der Waals surface area contributed by atoms with Crippen LogP contribution >= 0.6 is 0 Å². The summed E-state index contributed by atoms with van der Waals surface area (Å²) < 4.78 is 1.62. The molecule has 2 rings (SSSR count). The van der Waals surface area contributed by atoms with Gasteiger partial charge < -0.3 is 10.6 Å². The number of carbonyl (C=O) groups excluding carboxylic acids is 1. The van der Waals surface area contributed by atoms with Gasteiger partial charge in [-0.05, 0) is 32.4 Å². The summed E-state index contributed by atoms with van der Waals surface area (Å²) in [6.07, 6.45) is 5.77. The van der Waals surface area contributed by atoms with Gasteiger partial charge in [-0.1, -0.05) is 0 Å². The van der Waals surface area contributed by atoms with Gasteiger partial charge in [0.15, 0.2) is 0 Å². The largest absolute Gasteiger partial charge is 0.353 e. The smallest absolute Gasteiger partial charge is 0.241 e. The molecule has 0 bridgehead atoms. The van der Waals surface area contributed by atoms with E-state index in [2.05, 4.69) is 22.7 Å². The summed E-state index contributed by atoms with van der Waals surface area (Å²) in [5, 5.41) is 10.3. The number of hydrogen-bond acceptors (Lipinski definition) is 3. The molecule has 2 N–H and O–H groups in total. The van der Waals surface area contributed by atoms with Crippen LogP contribution in [0.2, 0.25) is 0 Å². The molecule has 1 aliphatic rings. The van der Waals surface area contributed by atoms with Gasteiger partial charge in [-0.15, -0.1) is 0 Å². The van der Waals surface area contributed by atoms with Gasteiger partial charge in [0.2, 0.25) is 5.91 Å². The molecule has 1 amide bonds. The third-order valence-corrected chi connectivity index (χ3v) is 3.00. The second-order valence-corrected chi connectivity index (χ2v) is 4.57. The van der Waals surface area contributed by atoms with Crippen molar-refractivity contribution in [3.05, 3.63) is 18.5 Å². The highest BCUT2D eigenvalue weighted by molar-refractivity contribution is 5.75. The van der Waals surface area contributed by atoms with E-state index in [0.717, 1.165) is 13.0 Å². The first-order valence-corrected chi connectivity index (χ1v) is 5.67. The normalized spacial score (nSPS) is 24.6. The van der Waals surface area contributed by atoms with E-state index in [4.69, 9.17) is 0 Å². The summed E-state index contributed by atoms with van der Waals surface area (Å²) in [5.41, 5.74) is 0.0692. The van der Waals surface area contributed by atoms with E-state index in [1.807, 2.05) is 6.07 Å². The van der Waals surface area contributed by atoms with Gasteiger partial charge in [-0.25, -0.2) is 0 Å². The van der Waals surface area contributed by atoms with Crippen LogP contribution < -0.4 is 10.6 Å². The zero-order valence-electron chi connectivity index (χ0n) is 9.57. The molecule has 1 fully saturated rings. The van der Waals surface area contributed by atoms with Gasteiger partial charge >= 0.3 is 0 Å². The third kappa shape index (κ3) is 2.82. The van der Waals surface area contributed by atoms with Crippen molar-refractivity contribution < 1.29 is 4.79 Å². The molecule has 2 heterocycles. The van der Waals surface area contributed by atoms with Gasteiger partial charge in [-0.3, -0.25) is 9.48 Å². The Kier molecular flexibility index (Phi) is 3.24. The van der Waals surface area contributed by atoms with E-state index >= 15 is 0 Å². The number of nitrogens with one attached hydrogen (secondary N) is 2. The zero-order chi connectivity index (χ0) is 11.4. The number of carbonyl (C=O) groups is 1. The van der Waals surface area contributed by atoms with Crippen molar-refractivity contribution in [2.45, 2.75) is 31.8 Å². The Morgan fingerprint density at radius 1 is 1.69 bits per heavy atom. The molecule has 1 aromatic rings. The van der Waals surface area contributed by atoms with Gasteiger partial charge in [0.25, 0.3) is 0 Å². The Morgan fingerprint density at radius 3 is 3.19 bits per heavy atom. The molecule has 1 atom stereocenters. The SMILES string of the molecule is CC1(CNC(=O)Cn2cccn2)CCCN1. The van der Waals surface area contributed by atoms with Gasteiger partial charge in [0.1, 0.15) is 6.54 Å². The molecule has 88 valence electrons. The van der Waals surface area contributed by atoms with Crippen molar-refractivity contribution in [2.24, 2.45) is 0 Å². The lowest BCUT2D eigenvalue weighted by Gasteiger charge is -2.24. The first kappa shape index (κ1) is 11.1. The molecule has 5 nitrogen and oxygen atoms in total. The summed E-state index contributed by atoms with van der Waals surface area (Å²) in [6.45, 7) is 4.18. The topological polar surface area (TPSA) is 59.0 Å². The lowest BCUT2D eigenvalue weighted by molar-refractivity contribution is -0.122. The van der Waals surface area contributed by atoms with Crippen LogP contribution in [0.1, 0.15) is 19.8 Å². The van der Waals surface area contributed by atoms with Crippen LogP contribution in [-0.4, -0.2) is 34.3 Å². The van der Waals surface area contributed by atoms with Crippen molar-refractivity contribution in [3.8, 4) is 0 Å². The van der Waals surface area contributed by atoms with Crippen LogP contribution in [0.25, 0.3) is 0 Å². The first-order valence-electron chi connectivity index (χ1n) is 5.67. The summed E-state index contributed by atoms with van der Waals surface area (Å²) >= 11 is 0. The molecule has 0 aliphatic carbocycles. The predicted molar refractivity (Wildman–Crippen MR) is 60.9 cm³/mol. The minimum absolute atomic E-state index is 0.0126. The monoisotopic (exact) mass is 222 g/mol. The lowest BCUT2D eigenvalue weighted by atomic mass is 10.0. The summed E-state index contributed by atoms with van der Waals surface area (Å²) in [4.78, 5) is 11.6. The zero-order valence-corrected chi connectivity index (χ0v) is 9.57. The van der Waals surface area contributed by atoms with Gasteiger partial charge in [0.05, 0.1) is 0 Å². The van der Waals surface area contributed by atoms with Gasteiger partial charge in [0, 0.05) is 24.5 Å². The maximum atomic E-state index is 11.6. The predicted octanol–water partition coefficient (Wildman–Crippen LogP) is 0.141. The second kappa shape index (κ2) is 4.65. The summed E-state index contributed by atoms with van der Waals surface area (Å²) in [5.74, 6) is 0.0126. The molecule has 0 aromatic carbocycles. The fraction of sp³-hybridized carbons (Fsp3) is 0.636. The number of rotatable bonds is 4. The van der Waals surface area contributed by atoms with Crippen LogP contribution in [0.3, 0.4) is 0 Å². The molecule has 0 spiro atoms. The average molecular weight is 222 g/mol. The summed E-state index contributed by atoms with van der Waals surface area (Å²) in [7, 11) is 0. The molecule has 16 heavy (non-hydrogen) atoms. The number of hydrogen-bond donors (Lipinski definition) is 2. The molecular weight excluding hydrogens is 204 g/mol. The molecule has 1 saturated heterocycles. The quantitative estimate of drug-likeness (QED) is 0.762. The van der Waals surface area contributed by atoms with E-state index in [1.165, 1.54) is 6.42 Å². The molecule has 1 aromatic heterocycles. The highest BCUT2D eigenvalue weighted by atomic mass is 16.2. The van der Waals surface area contributed by atoms with Crippen LogP contribution in [-0.2, 0) is 11.3 Å². The first-order chi connectivity index (χ1) is 7.68. The van der Waals surface area contributed by atoms with Crippen LogP contribution in [0.5, 0.6) is 0 Å². The molecule has 5 heteroatoms. The minimum Gasteiger partial charge on any atom is -0.353 e. The van der Waals surface area contributed by atoms with Crippen LogP contribution in [0, 0.1) is 0 Å². The lowest BCUT2D eigenvalue weighted by Crippen LogP contribution is -2.47. The Balaban J connectivity index is 1.75. The van der Waals surface area contributed by atoms with Crippen molar-refractivity contribution in [2.75, 3.05) is 13.1 Å². The fourth-order valence-electron chi connectivity index (χ4n) is 2.00. The molecule has 1 unspecified atom stereocenters. The number of nitrogens with zero attached hydrogens (tertiary/aromatic N) is 2. The maximum absolute atomic E-state index is 11.6. The van der Waals surface area contributed by atoms with Crippen LogP contribution in [0.15, 0.2) is 18.5 Å². The van der Waals surface area contributed by atoms with Crippen molar-refractivity contribution in [3.63, 3.8) is 0 Å². The molecule has 0 saturated carbocycles. The van der Waals surface area contributed by atoms with Crippen molar-refractivity contribution >= 4 is 5.91 Å². The highest BCUT2D eigenvalue weighted by Gasteiger charge is 2.28. The van der Waals surface area contributed by atoms with Crippen molar-refractivity contribution in [1.29, 1.82) is 0 Å². The fourth-order valence-corrected chi connectivity index (χ4v) is 2.00. The Hall–Kier alpha value is -1.36. The van der Waals surface area contributed by atoms with Gasteiger partial charge in [-0.2, -0.15) is 5.10 Å². The third-order valence-electron chi connectivity index (χ3n) is 3.00. The average Bonchev–Trinajstić information content (AvgIpc) is 2.88. The molecule has 0 radical (unpaired) electrons. The molecular formula is C11H18N4O. The van der Waals surface area contributed by atoms with E-state index < -0.39 is 0 Å². The highest BCUT2D eigenvalue weighted by Crippen LogP contribution is 2.16.